The quantitative estimate of drug-likeness (QED) is 0.718. The van der Waals surface area contributed by atoms with Gasteiger partial charge in [-0.3, -0.25) is 4.40 Å². The Labute approximate surface area is 131 Å². The molecule has 0 spiro atoms. The van der Waals surface area contributed by atoms with E-state index in [1.807, 2.05) is 19.1 Å². The molecule has 22 heavy (non-hydrogen) atoms. The van der Waals surface area contributed by atoms with Gasteiger partial charge in [0.2, 0.25) is 0 Å². The molecule has 3 heteroatoms. The number of fused-ring (bicyclic) bond motifs is 1. The highest BCUT2D eigenvalue weighted by Gasteiger charge is 2.16. The average Bonchev–Trinajstić information content (AvgIpc) is 2.80. The fraction of sp³-hybridized carbons (Fsp3) is 0.316. The molecule has 2 aromatic heterocycles. The number of hydrogen-bond acceptors (Lipinski definition) is 2. The van der Waals surface area contributed by atoms with Crippen molar-refractivity contribution < 1.29 is 0 Å². The van der Waals surface area contributed by atoms with Gasteiger partial charge in [0.15, 0.2) is 0 Å². The molecule has 3 nitrogen and oxygen atoms in total. The standard InChI is InChI=1S/C19H23N3/c1-12-16(20)10-11-17-21-18(13(2)22(12)17)14-6-8-15(9-7-14)19(3,4)5/h6-11H,20H2,1-5H3. The number of hydrogen-bond donors (Lipinski definition) is 1. The van der Waals surface area contributed by atoms with Gasteiger partial charge in [0.05, 0.1) is 11.4 Å². The molecule has 0 aliphatic carbocycles. The summed E-state index contributed by atoms with van der Waals surface area (Å²) in [6, 6.07) is 12.6. The van der Waals surface area contributed by atoms with E-state index < -0.39 is 0 Å². The van der Waals surface area contributed by atoms with Gasteiger partial charge in [-0.05, 0) is 37.0 Å². The first-order valence-electron chi connectivity index (χ1n) is 7.64. The third-order valence-corrected chi connectivity index (χ3v) is 4.32. The summed E-state index contributed by atoms with van der Waals surface area (Å²) in [5.41, 5.74) is 13.6. The van der Waals surface area contributed by atoms with Crippen molar-refractivity contribution in [2.45, 2.75) is 40.0 Å². The summed E-state index contributed by atoms with van der Waals surface area (Å²) in [4.78, 5) is 4.78. The van der Waals surface area contributed by atoms with E-state index in [0.717, 1.165) is 34.0 Å². The summed E-state index contributed by atoms with van der Waals surface area (Å²) in [6.45, 7) is 10.8. The Hall–Kier alpha value is -2.29. The largest absolute Gasteiger partial charge is 0.397 e. The highest BCUT2D eigenvalue weighted by Crippen LogP contribution is 2.29. The fourth-order valence-corrected chi connectivity index (χ4v) is 2.87. The average molecular weight is 293 g/mol. The molecule has 0 amide bonds. The molecule has 0 saturated heterocycles. The molecule has 0 aliphatic rings. The van der Waals surface area contributed by atoms with Crippen LogP contribution in [0.25, 0.3) is 16.9 Å². The first-order chi connectivity index (χ1) is 10.3. The lowest BCUT2D eigenvalue weighted by atomic mass is 9.86. The van der Waals surface area contributed by atoms with Gasteiger partial charge in [-0.2, -0.15) is 0 Å². The van der Waals surface area contributed by atoms with Crippen LogP contribution >= 0.6 is 0 Å². The minimum absolute atomic E-state index is 0.164. The Balaban J connectivity index is 2.15. The van der Waals surface area contributed by atoms with Gasteiger partial charge in [-0.15, -0.1) is 0 Å². The molecule has 0 bridgehead atoms. The number of nitrogens with zero attached hydrogens (tertiary/aromatic N) is 2. The lowest BCUT2D eigenvalue weighted by molar-refractivity contribution is 0.590. The summed E-state index contributed by atoms with van der Waals surface area (Å²) in [6.07, 6.45) is 0. The van der Waals surface area contributed by atoms with Crippen molar-refractivity contribution in [1.29, 1.82) is 0 Å². The third-order valence-electron chi connectivity index (χ3n) is 4.32. The van der Waals surface area contributed by atoms with Crippen LogP contribution in [-0.4, -0.2) is 9.38 Å². The van der Waals surface area contributed by atoms with Gasteiger partial charge in [0.25, 0.3) is 0 Å². The van der Waals surface area contributed by atoms with E-state index in [4.69, 9.17) is 10.7 Å². The topological polar surface area (TPSA) is 43.3 Å². The molecule has 0 radical (unpaired) electrons. The van der Waals surface area contributed by atoms with Crippen LogP contribution in [0.3, 0.4) is 0 Å². The van der Waals surface area contributed by atoms with Gasteiger partial charge in [0, 0.05) is 17.0 Å². The van der Waals surface area contributed by atoms with Gasteiger partial charge >= 0.3 is 0 Å². The third kappa shape index (κ3) is 2.27. The van der Waals surface area contributed by atoms with Crippen LogP contribution in [0.2, 0.25) is 0 Å². The predicted octanol–water partition coefficient (Wildman–Crippen LogP) is 4.50. The Morgan fingerprint density at radius 1 is 0.909 bits per heavy atom. The molecule has 0 saturated carbocycles. The number of nitrogen functional groups attached to an aromatic ring is 1. The summed E-state index contributed by atoms with van der Waals surface area (Å²) in [5, 5.41) is 0. The van der Waals surface area contributed by atoms with Crippen molar-refractivity contribution >= 4 is 11.3 Å². The van der Waals surface area contributed by atoms with E-state index in [0.29, 0.717) is 0 Å². The van der Waals surface area contributed by atoms with E-state index in [1.165, 1.54) is 5.56 Å². The predicted molar refractivity (Wildman–Crippen MR) is 93.2 cm³/mol. The summed E-state index contributed by atoms with van der Waals surface area (Å²) in [7, 11) is 0. The lowest BCUT2D eigenvalue weighted by Crippen LogP contribution is -2.10. The summed E-state index contributed by atoms with van der Waals surface area (Å²) >= 11 is 0. The Morgan fingerprint density at radius 2 is 1.55 bits per heavy atom. The highest BCUT2D eigenvalue weighted by atomic mass is 15.0. The van der Waals surface area contributed by atoms with Crippen LogP contribution in [0.1, 0.15) is 37.7 Å². The molecular formula is C19H23N3. The number of anilines is 1. The van der Waals surface area contributed by atoms with Crippen molar-refractivity contribution in [3.8, 4) is 11.3 Å². The Morgan fingerprint density at radius 3 is 2.14 bits per heavy atom. The monoisotopic (exact) mass is 293 g/mol. The van der Waals surface area contributed by atoms with Crippen molar-refractivity contribution in [2.24, 2.45) is 0 Å². The lowest BCUT2D eigenvalue weighted by Gasteiger charge is -2.19. The van der Waals surface area contributed by atoms with Crippen molar-refractivity contribution in [2.75, 3.05) is 5.73 Å². The maximum atomic E-state index is 6.02. The van der Waals surface area contributed by atoms with E-state index in [-0.39, 0.29) is 5.41 Å². The molecule has 0 fully saturated rings. The van der Waals surface area contributed by atoms with Gasteiger partial charge in [-0.1, -0.05) is 45.0 Å². The second-order valence-electron chi connectivity index (χ2n) is 6.94. The number of nitrogens with two attached hydrogens (primary N) is 1. The van der Waals surface area contributed by atoms with Crippen LogP contribution in [-0.2, 0) is 5.41 Å². The van der Waals surface area contributed by atoms with Crippen LogP contribution < -0.4 is 5.73 Å². The first kappa shape index (κ1) is 14.6. The van der Waals surface area contributed by atoms with Gasteiger partial charge < -0.3 is 5.73 Å². The number of aromatic nitrogens is 2. The van der Waals surface area contributed by atoms with Crippen LogP contribution in [0, 0.1) is 13.8 Å². The normalized spacial score (nSPS) is 12.0. The smallest absolute Gasteiger partial charge is 0.138 e. The summed E-state index contributed by atoms with van der Waals surface area (Å²) in [5.74, 6) is 0. The summed E-state index contributed by atoms with van der Waals surface area (Å²) < 4.78 is 2.13. The molecular weight excluding hydrogens is 270 g/mol. The van der Waals surface area contributed by atoms with Crippen molar-refractivity contribution in [1.82, 2.24) is 9.38 Å². The number of benzene rings is 1. The molecule has 3 aromatic rings. The minimum Gasteiger partial charge on any atom is -0.397 e. The minimum atomic E-state index is 0.164. The zero-order valence-electron chi connectivity index (χ0n) is 13.9. The number of rotatable bonds is 1. The van der Waals surface area contributed by atoms with Crippen molar-refractivity contribution in [3.05, 3.63) is 53.3 Å². The maximum absolute atomic E-state index is 6.02. The second-order valence-corrected chi connectivity index (χ2v) is 6.94. The molecule has 0 unspecified atom stereocenters. The Kier molecular flexibility index (Phi) is 3.24. The number of pyridine rings is 1. The zero-order valence-corrected chi connectivity index (χ0v) is 13.9. The molecule has 1 aromatic carbocycles. The molecule has 0 atom stereocenters. The number of imidazole rings is 1. The SMILES string of the molecule is Cc1c(N)ccc2nc(-c3ccc(C(C)(C)C)cc3)c(C)n12. The fourth-order valence-electron chi connectivity index (χ4n) is 2.87. The van der Waals surface area contributed by atoms with E-state index in [2.05, 4.69) is 56.4 Å². The maximum Gasteiger partial charge on any atom is 0.138 e. The van der Waals surface area contributed by atoms with E-state index >= 15 is 0 Å². The van der Waals surface area contributed by atoms with Crippen LogP contribution in [0.5, 0.6) is 0 Å². The molecule has 114 valence electrons. The first-order valence-corrected chi connectivity index (χ1v) is 7.64. The van der Waals surface area contributed by atoms with Crippen LogP contribution in [0.4, 0.5) is 5.69 Å². The number of aryl methyl sites for hydroxylation is 2. The van der Waals surface area contributed by atoms with Crippen LogP contribution in [0.15, 0.2) is 36.4 Å². The van der Waals surface area contributed by atoms with Gasteiger partial charge in [0.1, 0.15) is 5.65 Å². The van der Waals surface area contributed by atoms with Crippen molar-refractivity contribution in [3.63, 3.8) is 0 Å². The zero-order chi connectivity index (χ0) is 16.1. The van der Waals surface area contributed by atoms with E-state index in [9.17, 15) is 0 Å². The van der Waals surface area contributed by atoms with E-state index in [1.54, 1.807) is 0 Å². The molecule has 2 N–H and O–H groups in total. The van der Waals surface area contributed by atoms with Gasteiger partial charge in [-0.25, -0.2) is 4.98 Å². The molecule has 0 aliphatic heterocycles. The molecule has 3 rings (SSSR count). The molecule has 2 heterocycles. The highest BCUT2D eigenvalue weighted by molar-refractivity contribution is 5.68. The Bertz CT molecular complexity index is 834. The second kappa shape index (κ2) is 4.87.